The Balaban J connectivity index is 0.000000461. The Labute approximate surface area is 146 Å². The topological polar surface area (TPSA) is 100 Å². The number of hydrogen-bond donors (Lipinski definition) is 2. The summed E-state index contributed by atoms with van der Waals surface area (Å²) < 4.78 is 0. The number of pyridine rings is 2. The predicted molar refractivity (Wildman–Crippen MR) is 83.7 cm³/mol. The summed E-state index contributed by atoms with van der Waals surface area (Å²) in [6.45, 7) is 2.17. The minimum absolute atomic E-state index is 0. The number of rotatable bonds is 0. The minimum atomic E-state index is -0.833. The van der Waals surface area contributed by atoms with Crippen LogP contribution in [0.1, 0.15) is 13.8 Å². The van der Waals surface area contributed by atoms with E-state index in [9.17, 15) is 0 Å². The van der Waals surface area contributed by atoms with Gasteiger partial charge in [-0.15, -0.1) is 0 Å². The van der Waals surface area contributed by atoms with Gasteiger partial charge in [0.05, 0.1) is 11.0 Å². The monoisotopic (exact) mass is 364 g/mol. The smallest absolute Gasteiger partial charge is 0.300 e. The van der Waals surface area contributed by atoms with E-state index < -0.39 is 11.9 Å². The molecule has 1 aromatic carbocycles. The van der Waals surface area contributed by atoms with E-state index in [0.717, 1.165) is 35.7 Å². The molecular weight excluding hydrogens is 350 g/mol. The second kappa shape index (κ2) is 10.3. The number of aliphatic carboxylic acids is 2. The molecule has 0 unspecified atom stereocenters. The van der Waals surface area contributed by atoms with Crippen molar-refractivity contribution >= 4 is 33.7 Å². The second-order valence-corrected chi connectivity index (χ2v) is 4.25. The zero-order chi connectivity index (χ0) is 16.5. The van der Waals surface area contributed by atoms with E-state index >= 15 is 0 Å². The van der Waals surface area contributed by atoms with Crippen LogP contribution in [0.25, 0.3) is 21.8 Å². The quantitative estimate of drug-likeness (QED) is 0.469. The maximum absolute atomic E-state index is 9.00. The molecule has 0 spiro atoms. The average molecular weight is 366 g/mol. The maximum atomic E-state index is 9.00. The van der Waals surface area contributed by atoms with E-state index in [2.05, 4.69) is 34.2 Å². The van der Waals surface area contributed by atoms with Crippen LogP contribution >= 0.6 is 0 Å². The zero-order valence-electron chi connectivity index (χ0n) is 12.9. The fourth-order valence-electron chi connectivity index (χ4n) is 1.68. The van der Waals surface area contributed by atoms with E-state index in [4.69, 9.17) is 19.8 Å². The van der Waals surface area contributed by atoms with Gasteiger partial charge in [0.1, 0.15) is 0 Å². The summed E-state index contributed by atoms with van der Waals surface area (Å²) in [5, 5.41) is 17.1. The fourth-order valence-corrected chi connectivity index (χ4v) is 1.68. The van der Waals surface area contributed by atoms with Gasteiger partial charge in [-0.1, -0.05) is 24.3 Å². The van der Waals surface area contributed by atoms with Crippen molar-refractivity contribution in [2.45, 2.75) is 13.8 Å². The van der Waals surface area contributed by atoms with Crippen molar-refractivity contribution in [1.82, 2.24) is 9.97 Å². The van der Waals surface area contributed by atoms with Gasteiger partial charge in [-0.05, 0) is 12.1 Å². The molecule has 6 nitrogen and oxygen atoms in total. The van der Waals surface area contributed by atoms with Crippen LogP contribution < -0.4 is 0 Å². The van der Waals surface area contributed by atoms with Gasteiger partial charge in [-0.3, -0.25) is 19.6 Å². The summed E-state index contributed by atoms with van der Waals surface area (Å²) in [6, 6.07) is 12.1. The van der Waals surface area contributed by atoms with E-state index in [-0.39, 0.29) is 19.5 Å². The van der Waals surface area contributed by atoms with Crippen LogP contribution in [0.4, 0.5) is 0 Å². The third-order valence-electron chi connectivity index (χ3n) is 2.34. The van der Waals surface area contributed by atoms with Crippen LogP contribution in [0.5, 0.6) is 0 Å². The molecule has 3 aromatic rings. The van der Waals surface area contributed by atoms with Crippen molar-refractivity contribution in [2.75, 3.05) is 0 Å². The number of benzene rings is 1. The second-order valence-electron chi connectivity index (χ2n) is 4.25. The number of carboxylic acid groups (broad SMARTS) is 2. The van der Waals surface area contributed by atoms with Crippen molar-refractivity contribution in [2.24, 2.45) is 0 Å². The normalized spacial score (nSPS) is 8.78. The molecule has 116 valence electrons. The Morgan fingerprint density at radius 1 is 0.783 bits per heavy atom. The molecule has 2 heterocycles. The van der Waals surface area contributed by atoms with Gasteiger partial charge in [0.25, 0.3) is 11.9 Å². The van der Waals surface area contributed by atoms with Crippen molar-refractivity contribution in [3.63, 3.8) is 0 Å². The first-order valence-corrected chi connectivity index (χ1v) is 6.39. The maximum Gasteiger partial charge on any atom is 0.300 e. The van der Waals surface area contributed by atoms with Gasteiger partial charge in [0.2, 0.25) is 0 Å². The Morgan fingerprint density at radius 3 is 1.39 bits per heavy atom. The Hall–Kier alpha value is -2.40. The first-order valence-electron chi connectivity index (χ1n) is 6.39. The van der Waals surface area contributed by atoms with Crippen molar-refractivity contribution in [3.05, 3.63) is 48.8 Å². The Morgan fingerprint density at radius 2 is 1.09 bits per heavy atom. The van der Waals surface area contributed by atoms with Gasteiger partial charge < -0.3 is 10.2 Å². The molecule has 0 aliphatic rings. The standard InChI is InChI=1S/C12H8N2.2C2H4O2.Zn/c1-3-9-5-6-10-4-2-8-14-12(10)11(9)13-7-1;2*1-2(3)4;/h1-8H;2*1H3,(H,3,4);. The predicted octanol–water partition coefficient (Wildman–Crippen LogP) is 2.96. The number of hydrogen-bond acceptors (Lipinski definition) is 4. The summed E-state index contributed by atoms with van der Waals surface area (Å²) in [5.74, 6) is -1.67. The molecule has 0 fully saturated rings. The molecule has 0 aliphatic heterocycles. The van der Waals surface area contributed by atoms with Gasteiger partial charge in [-0.25, -0.2) is 0 Å². The summed E-state index contributed by atoms with van der Waals surface area (Å²) in [6.07, 6.45) is 3.60. The van der Waals surface area contributed by atoms with Crippen LogP contribution in [0, 0.1) is 0 Å². The van der Waals surface area contributed by atoms with Gasteiger partial charge >= 0.3 is 0 Å². The number of fused-ring (bicyclic) bond motifs is 3. The SMILES string of the molecule is CC(=O)O.CC(=O)O.[Zn].c1cnc2c(c1)ccc1cccnc12. The van der Waals surface area contributed by atoms with Gasteiger partial charge in [-0.2, -0.15) is 0 Å². The van der Waals surface area contributed by atoms with Crippen LogP contribution in [0.2, 0.25) is 0 Å². The van der Waals surface area contributed by atoms with Crippen molar-refractivity contribution in [1.29, 1.82) is 0 Å². The summed E-state index contributed by atoms with van der Waals surface area (Å²) in [5.41, 5.74) is 1.95. The van der Waals surface area contributed by atoms with Crippen LogP contribution in [-0.2, 0) is 29.1 Å². The third-order valence-corrected chi connectivity index (χ3v) is 2.34. The number of carbonyl (C=O) groups is 2. The third kappa shape index (κ3) is 7.42. The Bertz CT molecular complexity index is 718. The zero-order valence-corrected chi connectivity index (χ0v) is 15.9. The van der Waals surface area contributed by atoms with E-state index in [1.807, 2.05) is 12.1 Å². The molecule has 0 amide bonds. The minimum Gasteiger partial charge on any atom is -0.481 e. The van der Waals surface area contributed by atoms with Crippen LogP contribution in [0.3, 0.4) is 0 Å². The molecule has 3 rings (SSSR count). The summed E-state index contributed by atoms with van der Waals surface area (Å²) >= 11 is 0. The van der Waals surface area contributed by atoms with Gasteiger partial charge in [0, 0.05) is 56.5 Å². The molecule has 0 radical (unpaired) electrons. The number of aromatic nitrogens is 2. The Kier molecular flexibility index (Phi) is 9.27. The summed E-state index contributed by atoms with van der Waals surface area (Å²) in [7, 11) is 0. The molecule has 2 aromatic heterocycles. The largest absolute Gasteiger partial charge is 0.481 e. The molecule has 7 heteroatoms. The number of nitrogens with zero attached hydrogens (tertiary/aromatic N) is 2. The van der Waals surface area contributed by atoms with E-state index in [0.29, 0.717) is 0 Å². The molecular formula is C16H16N2O4Zn. The van der Waals surface area contributed by atoms with Crippen LogP contribution in [0.15, 0.2) is 48.8 Å². The van der Waals surface area contributed by atoms with Crippen molar-refractivity contribution < 1.29 is 39.3 Å². The average Bonchev–Trinajstić information content (AvgIpc) is 2.46. The molecule has 0 aliphatic carbocycles. The first kappa shape index (κ1) is 20.6. The molecule has 0 atom stereocenters. The van der Waals surface area contributed by atoms with E-state index in [1.54, 1.807) is 12.4 Å². The summed E-state index contributed by atoms with van der Waals surface area (Å²) in [4.78, 5) is 26.7. The van der Waals surface area contributed by atoms with E-state index in [1.165, 1.54) is 0 Å². The molecule has 23 heavy (non-hydrogen) atoms. The molecule has 0 bridgehead atoms. The first-order chi connectivity index (χ1) is 10.4. The van der Waals surface area contributed by atoms with Crippen molar-refractivity contribution in [3.8, 4) is 0 Å². The fraction of sp³-hybridized carbons (Fsp3) is 0.125. The van der Waals surface area contributed by atoms with Gasteiger partial charge in [0.15, 0.2) is 0 Å². The molecule has 0 saturated carbocycles. The van der Waals surface area contributed by atoms with Crippen LogP contribution in [-0.4, -0.2) is 32.1 Å². The molecule has 0 saturated heterocycles. The number of carboxylic acids is 2. The molecule has 2 N–H and O–H groups in total.